The van der Waals surface area contributed by atoms with E-state index in [9.17, 15) is 14.4 Å². The normalized spacial score (nSPS) is 18.3. The van der Waals surface area contributed by atoms with Crippen LogP contribution in [0.1, 0.15) is 127 Å². The van der Waals surface area contributed by atoms with Gasteiger partial charge in [0.15, 0.2) is 0 Å². The van der Waals surface area contributed by atoms with Gasteiger partial charge in [-0.3, -0.25) is 9.59 Å². The Balaban J connectivity index is 0.00000224. The molecule has 16 heteroatoms. The third-order valence-electron chi connectivity index (χ3n) is 12.7. The van der Waals surface area contributed by atoms with E-state index in [1.54, 1.807) is 20.8 Å². The maximum atomic E-state index is 14.3. The number of nitrogens with one attached hydrogen (secondary N) is 3. The fraction of sp³-hybridized carbons (Fsp3) is 0.449. The van der Waals surface area contributed by atoms with Gasteiger partial charge in [0, 0.05) is 36.1 Å². The van der Waals surface area contributed by atoms with Crippen LogP contribution in [0.2, 0.25) is 0 Å². The van der Waals surface area contributed by atoms with Crippen LogP contribution in [0, 0.1) is 29.1 Å². The summed E-state index contributed by atoms with van der Waals surface area (Å²) in [6.45, 7) is 15.0. The van der Waals surface area contributed by atoms with Gasteiger partial charge in [0.2, 0.25) is 11.8 Å². The van der Waals surface area contributed by atoms with Crippen molar-refractivity contribution < 1.29 is 19.1 Å². The lowest BCUT2D eigenvalue weighted by Gasteiger charge is -2.32. The zero-order valence-corrected chi connectivity index (χ0v) is 43.3. The fourth-order valence-electron chi connectivity index (χ4n) is 8.69. The second-order valence-corrected chi connectivity index (χ2v) is 18.6. The Morgan fingerprint density at radius 2 is 1.48 bits per heavy atom. The van der Waals surface area contributed by atoms with E-state index in [-0.39, 0.29) is 109 Å². The van der Waals surface area contributed by atoms with Gasteiger partial charge in [-0.25, -0.2) is 14.8 Å². The Kier molecular flexibility index (Phi) is 19.2. The lowest BCUT2D eigenvalue weighted by molar-refractivity contribution is -0.137. The molecule has 3 N–H and O–H groups in total. The number of nitrogens with zero attached hydrogens (tertiary/aromatic N) is 4. The molecule has 0 unspecified atom stereocenters. The van der Waals surface area contributed by atoms with Crippen LogP contribution in [0.3, 0.4) is 0 Å². The number of amides is 3. The van der Waals surface area contributed by atoms with Gasteiger partial charge in [-0.1, -0.05) is 82.0 Å². The summed E-state index contributed by atoms with van der Waals surface area (Å²) in [5, 5.41) is 2.90. The monoisotopic (exact) mass is 977 g/mol. The number of hydrogen-bond acceptors (Lipinski definition) is 6. The molecule has 4 heterocycles. The number of carbonyl (C=O) groups is 3. The molecule has 1 saturated carbocycles. The molecule has 11 nitrogen and oxygen atoms in total. The number of hydrogen-bond donors (Lipinski definition) is 3. The molecule has 3 fully saturated rings. The Labute approximate surface area is 419 Å². The van der Waals surface area contributed by atoms with E-state index >= 15 is 0 Å². The summed E-state index contributed by atoms with van der Waals surface area (Å²) in [5.74, 6) is 8.25. The van der Waals surface area contributed by atoms with Crippen LogP contribution < -0.4 is 5.32 Å². The molecule has 1 aliphatic carbocycles. The Bertz CT molecular complexity index is 2460. The van der Waals surface area contributed by atoms with Gasteiger partial charge >= 0.3 is 6.09 Å². The third kappa shape index (κ3) is 12.5. The van der Waals surface area contributed by atoms with Crippen molar-refractivity contribution in [1.82, 2.24) is 35.1 Å². The molecule has 8 rings (SSSR count). The van der Waals surface area contributed by atoms with Crippen LogP contribution in [0.15, 0.2) is 79.0 Å². The van der Waals surface area contributed by atoms with Gasteiger partial charge in [-0.05, 0) is 106 Å². The lowest BCUT2D eigenvalue weighted by atomic mass is 9.92. The first-order chi connectivity index (χ1) is 28.7. The van der Waals surface area contributed by atoms with Crippen molar-refractivity contribution in [3.8, 4) is 23.1 Å². The zero-order valence-electron chi connectivity index (χ0n) is 38.3. The van der Waals surface area contributed by atoms with Crippen molar-refractivity contribution >= 4 is 96.4 Å². The number of aromatic nitrogens is 4. The molecular formula is C49H67N7O4S5. The van der Waals surface area contributed by atoms with Crippen LogP contribution >= 0.6 is 67.5 Å². The van der Waals surface area contributed by atoms with Gasteiger partial charge in [0.1, 0.15) is 23.3 Å². The lowest BCUT2D eigenvalue weighted by Crippen LogP contribution is -2.52. The Hall–Kier alpha value is -4.14. The predicted molar refractivity (Wildman–Crippen MR) is 284 cm³/mol. The Morgan fingerprint density at radius 3 is 2.12 bits per heavy atom. The van der Waals surface area contributed by atoms with E-state index < -0.39 is 17.7 Å². The van der Waals surface area contributed by atoms with Gasteiger partial charge < -0.3 is 29.8 Å². The Morgan fingerprint density at radius 1 is 0.815 bits per heavy atom. The van der Waals surface area contributed by atoms with E-state index in [2.05, 4.69) is 45.9 Å². The van der Waals surface area contributed by atoms with Crippen LogP contribution in [0.5, 0.6) is 0 Å². The highest BCUT2D eigenvalue weighted by Crippen LogP contribution is 2.58. The number of imidazole rings is 2. The highest BCUT2D eigenvalue weighted by molar-refractivity contribution is 7.60. The first-order valence-electron chi connectivity index (χ1n) is 21.5. The molecule has 2 saturated heterocycles. The van der Waals surface area contributed by atoms with Crippen LogP contribution in [-0.4, -0.2) is 72.4 Å². The topological polar surface area (TPSA) is 136 Å². The van der Waals surface area contributed by atoms with E-state index in [4.69, 9.17) is 14.7 Å². The molecule has 3 aliphatic rings. The predicted octanol–water partition coefficient (Wildman–Crippen LogP) is 9.62. The molecule has 5 atom stereocenters. The molecule has 5 aromatic rings. The van der Waals surface area contributed by atoms with Crippen molar-refractivity contribution in [2.45, 2.75) is 110 Å². The van der Waals surface area contributed by atoms with Gasteiger partial charge in [0.25, 0.3) is 0 Å². The van der Waals surface area contributed by atoms with E-state index in [0.717, 1.165) is 70.6 Å². The molecule has 65 heavy (non-hydrogen) atoms. The maximum Gasteiger partial charge on any atom is 0.408 e. The molecule has 0 radical (unpaired) electrons. The summed E-state index contributed by atoms with van der Waals surface area (Å²) in [5.41, 5.74) is 5.87. The van der Waals surface area contributed by atoms with E-state index in [0.29, 0.717) is 18.3 Å². The first-order valence-corrected chi connectivity index (χ1v) is 21.5. The molecular weight excluding hydrogens is 911 g/mol. The van der Waals surface area contributed by atoms with Crippen LogP contribution in [0.4, 0.5) is 4.79 Å². The third-order valence-corrected chi connectivity index (χ3v) is 12.7. The van der Waals surface area contributed by atoms with Gasteiger partial charge in [-0.15, -0.1) is 0 Å². The molecule has 3 amide bonds. The van der Waals surface area contributed by atoms with E-state index in [1.165, 1.54) is 12.8 Å². The smallest absolute Gasteiger partial charge is 0.408 e. The summed E-state index contributed by atoms with van der Waals surface area (Å²) in [6, 6.07) is 22.7. The van der Waals surface area contributed by atoms with Crippen molar-refractivity contribution in [1.29, 1.82) is 0 Å². The highest BCUT2D eigenvalue weighted by Gasteiger charge is 2.54. The number of carbonyl (C=O) groups excluding carboxylic acids is 3. The summed E-state index contributed by atoms with van der Waals surface area (Å²) < 4.78 is 5.57. The number of aromatic amines is 2. The summed E-state index contributed by atoms with van der Waals surface area (Å²) >= 11 is 0. The molecule has 0 bridgehead atoms. The van der Waals surface area contributed by atoms with Crippen LogP contribution in [0.25, 0.3) is 22.3 Å². The fourth-order valence-corrected chi connectivity index (χ4v) is 8.69. The number of benzene rings is 3. The number of H-pyrrole nitrogens is 2. The summed E-state index contributed by atoms with van der Waals surface area (Å²) in [4.78, 5) is 61.5. The quantitative estimate of drug-likeness (QED) is 0.126. The number of fused-ring (bicyclic) bond motifs is 1. The van der Waals surface area contributed by atoms with Crippen molar-refractivity contribution in [2.24, 2.45) is 17.3 Å². The standard InChI is InChI=1S/C49H57N7O4.5H2S/c1-30(2)31(3)45(57)56-29-49(23-24-49)27-41(56)44-51-37-22-19-34(26-38(37)52-44)16-15-33-17-20-36(21-18-33)39-28-50-43(53-39)40-14-11-25-55(40)46(58)42(54-47(59)60-48(5,6)7)32(4)35-12-9-8-10-13-35;;;;;/h8-10,12-13,17-22,26,28,30-32,40-42H,11,14,23-25,27,29H2,1-7H3,(H,50,53)(H,51,52)(H,54,59);5*1H2/t31-,32-,40-,41-,42-;;;;;/m0...../s1. The molecule has 2 aliphatic heterocycles. The summed E-state index contributed by atoms with van der Waals surface area (Å²) in [7, 11) is 0. The number of alkyl carbamates (subject to hydrolysis) is 1. The summed E-state index contributed by atoms with van der Waals surface area (Å²) in [6.07, 6.45) is 6.10. The molecule has 3 aromatic carbocycles. The average molecular weight is 978 g/mol. The molecule has 1 spiro atoms. The van der Waals surface area contributed by atoms with Gasteiger partial charge in [0.05, 0.1) is 35.0 Å². The zero-order chi connectivity index (χ0) is 42.3. The average Bonchev–Trinajstić information content (AvgIpc) is 3.71. The minimum Gasteiger partial charge on any atom is -0.444 e. The number of rotatable bonds is 9. The van der Waals surface area contributed by atoms with E-state index in [1.807, 2.05) is 97.7 Å². The van der Waals surface area contributed by atoms with Gasteiger partial charge in [-0.2, -0.15) is 67.5 Å². The van der Waals surface area contributed by atoms with Crippen LogP contribution in [-0.2, 0) is 14.3 Å². The second kappa shape index (κ2) is 22.6. The van der Waals surface area contributed by atoms with Crippen molar-refractivity contribution in [3.63, 3.8) is 0 Å². The van der Waals surface area contributed by atoms with Crippen molar-refractivity contribution in [2.75, 3.05) is 13.1 Å². The minimum atomic E-state index is -0.821. The van der Waals surface area contributed by atoms with Crippen molar-refractivity contribution in [3.05, 3.63) is 107 Å². The first kappa shape index (κ1) is 55.2. The second-order valence-electron chi connectivity index (χ2n) is 18.6. The maximum absolute atomic E-state index is 14.3. The highest BCUT2D eigenvalue weighted by atomic mass is 32.1. The number of likely N-dealkylation sites (tertiary alicyclic amines) is 2. The SMILES string of the molecule is CC(C)[C@H](C)C(=O)N1CC2(CC2)C[C@H]1c1nc2ccc(C#Cc3ccc(-c4cnc([C@@H]5CCCN5C(=O)[C@@H](NC(=O)OC(C)(C)C)[C@@H](C)c5ccccc5)[nH]4)cc3)cc2[nH]1.S.S.S.S.S. The largest absolute Gasteiger partial charge is 0.444 e. The minimum absolute atomic E-state index is 0. The number of ether oxygens (including phenoxy) is 1. The molecule has 352 valence electrons. The molecule has 2 aromatic heterocycles.